The number of alkyl halides is 1. The van der Waals surface area contributed by atoms with E-state index in [1.165, 1.54) is 11.1 Å². The third-order valence-corrected chi connectivity index (χ3v) is 1.99. The molecule has 1 aliphatic heterocycles. The molecule has 1 aliphatic rings. The first-order valence-electron chi connectivity index (χ1n) is 4.03. The van der Waals surface area contributed by atoms with Crippen molar-refractivity contribution in [2.24, 2.45) is 0 Å². The van der Waals surface area contributed by atoms with Crippen molar-refractivity contribution in [3.05, 3.63) is 30.1 Å². The van der Waals surface area contributed by atoms with Crippen molar-refractivity contribution in [3.8, 4) is 0 Å². The zero-order valence-electron chi connectivity index (χ0n) is 6.90. The van der Waals surface area contributed by atoms with Gasteiger partial charge in [0, 0.05) is 6.20 Å². The number of rotatable bonds is 1. The predicted molar refractivity (Wildman–Crippen MR) is 43.9 cm³/mol. The molecule has 1 radical (unpaired) electrons. The average Bonchev–Trinajstić information content (AvgIpc) is 2.13. The second-order valence-corrected chi connectivity index (χ2v) is 2.98. The fraction of sp³-hybridized carbons (Fsp3) is 0.333. The number of carbonyl (C=O) groups excluding carboxylic acids is 1. The molecule has 0 unspecified atom stereocenters. The largest absolute Gasteiger partial charge is 0.333 e. The van der Waals surface area contributed by atoms with Gasteiger partial charge in [0.25, 0.3) is 5.91 Å². The van der Waals surface area contributed by atoms with Gasteiger partial charge < -0.3 is 4.90 Å². The Morgan fingerprint density at radius 1 is 1.69 bits per heavy atom. The van der Waals surface area contributed by atoms with Gasteiger partial charge in [-0.15, -0.1) is 0 Å². The average molecular weight is 179 g/mol. The van der Waals surface area contributed by atoms with Crippen molar-refractivity contribution in [1.82, 2.24) is 9.88 Å². The Labute approximate surface area is 75.2 Å². The summed E-state index contributed by atoms with van der Waals surface area (Å²) in [7, 11) is 0. The molecule has 0 atom stereocenters. The summed E-state index contributed by atoms with van der Waals surface area (Å²) in [5, 5.41) is 0. The van der Waals surface area contributed by atoms with Crippen LogP contribution >= 0.6 is 0 Å². The Kier molecular flexibility index (Phi) is 1.96. The molecule has 3 nitrogen and oxygen atoms in total. The summed E-state index contributed by atoms with van der Waals surface area (Å²) < 4.78 is 12.4. The van der Waals surface area contributed by atoms with Gasteiger partial charge in [0.05, 0.1) is 24.8 Å². The third kappa shape index (κ3) is 1.52. The Hall–Kier alpha value is -1.45. The summed E-state index contributed by atoms with van der Waals surface area (Å²) in [5.41, 5.74) is 0.491. The van der Waals surface area contributed by atoms with Gasteiger partial charge in [-0.25, -0.2) is 4.39 Å². The highest BCUT2D eigenvalue weighted by Gasteiger charge is 2.30. The molecule has 2 heterocycles. The zero-order chi connectivity index (χ0) is 9.26. The lowest BCUT2D eigenvalue weighted by atomic mass is 10.1. The Bertz CT molecular complexity index is 309. The third-order valence-electron chi connectivity index (χ3n) is 1.99. The number of amides is 1. The van der Waals surface area contributed by atoms with Crippen LogP contribution in [0.25, 0.3) is 0 Å². The minimum Gasteiger partial charge on any atom is -0.333 e. The topological polar surface area (TPSA) is 33.2 Å². The van der Waals surface area contributed by atoms with Gasteiger partial charge in [-0.3, -0.25) is 9.78 Å². The molecule has 13 heavy (non-hydrogen) atoms. The van der Waals surface area contributed by atoms with Crippen molar-refractivity contribution < 1.29 is 9.18 Å². The second-order valence-electron chi connectivity index (χ2n) is 2.98. The van der Waals surface area contributed by atoms with E-state index in [1.54, 1.807) is 12.1 Å². The summed E-state index contributed by atoms with van der Waals surface area (Å²) >= 11 is 0. The van der Waals surface area contributed by atoms with E-state index in [4.69, 9.17) is 0 Å². The van der Waals surface area contributed by atoms with Gasteiger partial charge in [-0.05, 0) is 12.1 Å². The minimum atomic E-state index is -0.854. The predicted octanol–water partition coefficient (Wildman–Crippen LogP) is 0.676. The normalized spacial score (nSPS) is 16.8. The molecule has 0 saturated carbocycles. The quantitative estimate of drug-likeness (QED) is 0.635. The van der Waals surface area contributed by atoms with E-state index in [-0.39, 0.29) is 19.0 Å². The number of aromatic nitrogens is 1. The molecule has 1 aromatic rings. The summed E-state index contributed by atoms with van der Waals surface area (Å²) in [4.78, 5) is 16.6. The molecule has 0 bridgehead atoms. The maximum absolute atomic E-state index is 12.4. The minimum absolute atomic E-state index is 0.157. The molecule has 1 saturated heterocycles. The standard InChI is InChI=1S/C9H8FN2O/c10-8-5-12(6-8)9(13)7-2-1-3-11-4-7/h1-2,4,8H,5-6H2. The maximum atomic E-state index is 12.4. The molecule has 1 fully saturated rings. The summed E-state index contributed by atoms with van der Waals surface area (Å²) in [6, 6.07) is 3.20. The van der Waals surface area contributed by atoms with E-state index >= 15 is 0 Å². The molecule has 0 aliphatic carbocycles. The van der Waals surface area contributed by atoms with Crippen LogP contribution in [0.5, 0.6) is 0 Å². The number of hydrogen-bond donors (Lipinski definition) is 0. The van der Waals surface area contributed by atoms with Crippen molar-refractivity contribution in [1.29, 1.82) is 0 Å². The molecule has 0 aromatic carbocycles. The highest BCUT2D eigenvalue weighted by molar-refractivity contribution is 5.94. The van der Waals surface area contributed by atoms with Crippen molar-refractivity contribution in [2.45, 2.75) is 6.17 Å². The fourth-order valence-corrected chi connectivity index (χ4v) is 1.22. The van der Waals surface area contributed by atoms with Crippen LogP contribution < -0.4 is 0 Å². The molecule has 67 valence electrons. The summed E-state index contributed by atoms with van der Waals surface area (Å²) in [6.45, 7) is 0.412. The number of carbonyl (C=O) groups is 1. The van der Waals surface area contributed by atoms with E-state index in [9.17, 15) is 9.18 Å². The number of nitrogens with zero attached hydrogens (tertiary/aromatic N) is 2. The molecule has 4 heteroatoms. The fourth-order valence-electron chi connectivity index (χ4n) is 1.22. The Balaban J connectivity index is 2.06. The first kappa shape index (κ1) is 8.16. The lowest BCUT2D eigenvalue weighted by Crippen LogP contribution is -2.51. The van der Waals surface area contributed by atoms with Gasteiger partial charge in [0.2, 0.25) is 0 Å². The molecular weight excluding hydrogens is 171 g/mol. The highest BCUT2D eigenvalue weighted by Crippen LogP contribution is 2.14. The van der Waals surface area contributed by atoms with E-state index in [1.807, 2.05) is 0 Å². The summed E-state index contributed by atoms with van der Waals surface area (Å²) in [5.74, 6) is -0.157. The highest BCUT2D eigenvalue weighted by atomic mass is 19.1. The molecule has 0 N–H and O–H groups in total. The van der Waals surface area contributed by atoms with Crippen LogP contribution in [0.1, 0.15) is 10.4 Å². The maximum Gasteiger partial charge on any atom is 0.255 e. The van der Waals surface area contributed by atoms with Gasteiger partial charge >= 0.3 is 0 Å². The van der Waals surface area contributed by atoms with Gasteiger partial charge in [-0.1, -0.05) is 0 Å². The van der Waals surface area contributed by atoms with Gasteiger partial charge in [-0.2, -0.15) is 0 Å². The van der Waals surface area contributed by atoms with E-state index in [0.29, 0.717) is 5.56 Å². The van der Waals surface area contributed by atoms with Crippen LogP contribution in [0.15, 0.2) is 18.3 Å². The van der Waals surface area contributed by atoms with Gasteiger partial charge in [0.15, 0.2) is 0 Å². The van der Waals surface area contributed by atoms with E-state index < -0.39 is 6.17 Å². The van der Waals surface area contributed by atoms with Crippen LogP contribution in [-0.4, -0.2) is 35.1 Å². The molecule has 2 rings (SSSR count). The van der Waals surface area contributed by atoms with Crippen LogP contribution in [-0.2, 0) is 0 Å². The zero-order valence-corrected chi connectivity index (χ0v) is 6.90. The lowest BCUT2D eigenvalue weighted by molar-refractivity contribution is 0.0400. The van der Waals surface area contributed by atoms with Crippen LogP contribution in [0, 0.1) is 6.20 Å². The molecule has 1 amide bonds. The van der Waals surface area contributed by atoms with Crippen LogP contribution in [0.3, 0.4) is 0 Å². The number of pyridine rings is 1. The van der Waals surface area contributed by atoms with Crippen molar-refractivity contribution in [2.75, 3.05) is 13.1 Å². The van der Waals surface area contributed by atoms with Crippen LogP contribution in [0.4, 0.5) is 4.39 Å². The second kappa shape index (κ2) is 3.12. The van der Waals surface area contributed by atoms with Crippen molar-refractivity contribution in [3.63, 3.8) is 0 Å². The van der Waals surface area contributed by atoms with Crippen LogP contribution in [0.2, 0.25) is 0 Å². The number of halogens is 1. The first-order valence-corrected chi connectivity index (χ1v) is 4.03. The monoisotopic (exact) mass is 179 g/mol. The SMILES string of the molecule is O=C(c1cc[c]nc1)N1CC(F)C1. The van der Waals surface area contributed by atoms with E-state index in [0.717, 1.165) is 0 Å². The Morgan fingerprint density at radius 3 is 3.00 bits per heavy atom. The lowest BCUT2D eigenvalue weighted by Gasteiger charge is -2.34. The summed E-state index contributed by atoms with van der Waals surface area (Å²) in [6.07, 6.45) is 3.16. The Morgan fingerprint density at radius 2 is 2.46 bits per heavy atom. The molecule has 1 aromatic heterocycles. The van der Waals surface area contributed by atoms with Gasteiger partial charge in [0.1, 0.15) is 6.17 Å². The number of hydrogen-bond acceptors (Lipinski definition) is 2. The van der Waals surface area contributed by atoms with Crippen molar-refractivity contribution >= 4 is 5.91 Å². The molecule has 0 spiro atoms. The number of likely N-dealkylation sites (tertiary alicyclic amines) is 1. The van der Waals surface area contributed by atoms with E-state index in [2.05, 4.69) is 11.2 Å². The molecular formula is C9H8FN2O. The first-order chi connectivity index (χ1) is 6.27. The smallest absolute Gasteiger partial charge is 0.255 e.